The van der Waals surface area contributed by atoms with E-state index in [1.165, 1.54) is 21.9 Å². The van der Waals surface area contributed by atoms with Gasteiger partial charge in [0.2, 0.25) is 0 Å². The van der Waals surface area contributed by atoms with E-state index < -0.39 is 11.6 Å². The van der Waals surface area contributed by atoms with Gasteiger partial charge in [0.15, 0.2) is 0 Å². The van der Waals surface area contributed by atoms with E-state index in [2.05, 4.69) is 5.32 Å². The van der Waals surface area contributed by atoms with E-state index in [-0.39, 0.29) is 18.1 Å². The van der Waals surface area contributed by atoms with Crippen molar-refractivity contribution < 1.29 is 13.6 Å². The predicted molar refractivity (Wildman–Crippen MR) is 79.2 cm³/mol. The second kappa shape index (κ2) is 7.17. The summed E-state index contributed by atoms with van der Waals surface area (Å²) in [7, 11) is 1.57. The van der Waals surface area contributed by atoms with Crippen molar-refractivity contribution in [2.75, 3.05) is 13.6 Å². The van der Waals surface area contributed by atoms with Crippen molar-refractivity contribution >= 4 is 17.4 Å². The molecule has 3 nitrogen and oxygen atoms in total. The minimum absolute atomic E-state index is 0.0942. The van der Waals surface area contributed by atoms with E-state index >= 15 is 0 Å². The highest BCUT2D eigenvalue weighted by atomic mass is 32.1. The largest absolute Gasteiger partial charge is 0.338 e. The zero-order valence-corrected chi connectivity index (χ0v) is 12.4. The average molecular weight is 310 g/mol. The fourth-order valence-electron chi connectivity index (χ4n) is 1.86. The van der Waals surface area contributed by atoms with Crippen molar-refractivity contribution in [2.45, 2.75) is 13.0 Å². The zero-order chi connectivity index (χ0) is 15.2. The number of carbonyl (C=O) groups is 1. The van der Waals surface area contributed by atoms with E-state index in [0.717, 1.165) is 12.5 Å². The number of rotatable bonds is 5. The Bertz CT molecular complexity index is 602. The lowest BCUT2D eigenvalue weighted by molar-refractivity contribution is 0.206. The van der Waals surface area contributed by atoms with Crippen LogP contribution in [-0.4, -0.2) is 24.5 Å². The van der Waals surface area contributed by atoms with Crippen molar-refractivity contribution in [2.24, 2.45) is 0 Å². The molecule has 0 radical (unpaired) electrons. The van der Waals surface area contributed by atoms with Crippen molar-refractivity contribution in [3.05, 3.63) is 57.8 Å². The molecule has 0 fully saturated rings. The van der Waals surface area contributed by atoms with Crippen LogP contribution in [0.1, 0.15) is 10.4 Å². The van der Waals surface area contributed by atoms with Crippen LogP contribution >= 0.6 is 11.3 Å². The van der Waals surface area contributed by atoms with Crippen LogP contribution in [0.3, 0.4) is 0 Å². The van der Waals surface area contributed by atoms with Crippen LogP contribution in [0.15, 0.2) is 35.7 Å². The highest BCUT2D eigenvalue weighted by Crippen LogP contribution is 2.12. The minimum Gasteiger partial charge on any atom is -0.338 e. The van der Waals surface area contributed by atoms with Gasteiger partial charge in [-0.3, -0.25) is 0 Å². The van der Waals surface area contributed by atoms with Crippen LogP contribution in [0.25, 0.3) is 0 Å². The molecule has 0 unspecified atom stereocenters. The Kier molecular flexibility index (Phi) is 5.27. The van der Waals surface area contributed by atoms with E-state index in [9.17, 15) is 13.6 Å². The van der Waals surface area contributed by atoms with E-state index in [0.29, 0.717) is 6.54 Å². The number of hydrogen-bond acceptors (Lipinski definition) is 2. The molecule has 0 aliphatic carbocycles. The van der Waals surface area contributed by atoms with E-state index in [1.54, 1.807) is 18.4 Å². The van der Waals surface area contributed by atoms with Crippen molar-refractivity contribution in [1.82, 2.24) is 10.2 Å². The van der Waals surface area contributed by atoms with Crippen LogP contribution in [-0.2, 0) is 13.0 Å². The summed E-state index contributed by atoms with van der Waals surface area (Å²) in [6, 6.07) is 7.04. The maximum Gasteiger partial charge on any atom is 0.317 e. The maximum atomic E-state index is 13.5. The topological polar surface area (TPSA) is 32.3 Å². The number of nitrogens with zero attached hydrogens (tertiary/aromatic N) is 1. The molecule has 21 heavy (non-hydrogen) atoms. The first-order chi connectivity index (χ1) is 10.1. The molecule has 6 heteroatoms. The van der Waals surface area contributed by atoms with Crippen LogP contribution in [0, 0.1) is 11.6 Å². The van der Waals surface area contributed by atoms with Gasteiger partial charge in [-0.25, -0.2) is 13.6 Å². The van der Waals surface area contributed by atoms with Gasteiger partial charge in [0.05, 0.1) is 0 Å². The van der Waals surface area contributed by atoms with Crippen LogP contribution in [0.5, 0.6) is 0 Å². The third-order valence-corrected chi connectivity index (χ3v) is 3.93. The molecular weight excluding hydrogens is 294 g/mol. The van der Waals surface area contributed by atoms with Crippen molar-refractivity contribution in [3.8, 4) is 0 Å². The fraction of sp³-hybridized carbons (Fsp3) is 0.267. The SMILES string of the molecule is CN(Cc1ccc(F)cc1F)C(=O)NCCc1cccs1. The molecule has 2 aromatic rings. The molecule has 1 heterocycles. The molecule has 0 aliphatic rings. The first-order valence-corrected chi connectivity index (χ1v) is 7.39. The second-order valence-electron chi connectivity index (χ2n) is 4.65. The van der Waals surface area contributed by atoms with Gasteiger partial charge in [0.25, 0.3) is 0 Å². The van der Waals surface area contributed by atoms with Gasteiger partial charge >= 0.3 is 6.03 Å². The standard InChI is InChI=1S/C15H16F2N2OS/c1-19(10-11-4-5-12(16)9-14(11)17)15(20)18-7-6-13-3-2-8-21-13/h2-5,8-9H,6-7,10H2,1H3,(H,18,20). The lowest BCUT2D eigenvalue weighted by Crippen LogP contribution is -2.37. The first-order valence-electron chi connectivity index (χ1n) is 6.51. The fourth-order valence-corrected chi connectivity index (χ4v) is 2.57. The lowest BCUT2D eigenvalue weighted by Gasteiger charge is -2.18. The van der Waals surface area contributed by atoms with Crippen molar-refractivity contribution in [3.63, 3.8) is 0 Å². The number of amides is 2. The normalized spacial score (nSPS) is 10.4. The summed E-state index contributed by atoms with van der Waals surface area (Å²) in [5.41, 5.74) is 0.285. The summed E-state index contributed by atoms with van der Waals surface area (Å²) in [6.07, 6.45) is 0.766. The number of urea groups is 1. The third kappa shape index (κ3) is 4.53. The molecule has 0 saturated heterocycles. The van der Waals surface area contributed by atoms with Gasteiger partial charge in [-0.15, -0.1) is 11.3 Å². The average Bonchev–Trinajstić information content (AvgIpc) is 2.95. The Balaban J connectivity index is 1.81. The summed E-state index contributed by atoms with van der Waals surface area (Å²) in [5.74, 6) is -1.27. The molecule has 0 saturated carbocycles. The Morgan fingerprint density at radius 2 is 2.14 bits per heavy atom. The van der Waals surface area contributed by atoms with Gasteiger partial charge in [0, 0.05) is 36.6 Å². The van der Waals surface area contributed by atoms with E-state index in [4.69, 9.17) is 0 Å². The van der Waals surface area contributed by atoms with Crippen LogP contribution in [0.2, 0.25) is 0 Å². The molecule has 1 N–H and O–H groups in total. The molecule has 1 aromatic carbocycles. The smallest absolute Gasteiger partial charge is 0.317 e. The van der Waals surface area contributed by atoms with Gasteiger partial charge in [-0.1, -0.05) is 12.1 Å². The van der Waals surface area contributed by atoms with Gasteiger partial charge < -0.3 is 10.2 Å². The number of nitrogens with one attached hydrogen (secondary N) is 1. The molecule has 0 bridgehead atoms. The third-order valence-electron chi connectivity index (χ3n) is 3.00. The van der Waals surface area contributed by atoms with Crippen LogP contribution in [0.4, 0.5) is 13.6 Å². The summed E-state index contributed by atoms with van der Waals surface area (Å²) >= 11 is 1.64. The molecule has 0 aliphatic heterocycles. The lowest BCUT2D eigenvalue weighted by atomic mass is 10.2. The second-order valence-corrected chi connectivity index (χ2v) is 5.69. The number of halogens is 2. The highest BCUT2D eigenvalue weighted by molar-refractivity contribution is 7.09. The van der Waals surface area contributed by atoms with Crippen molar-refractivity contribution in [1.29, 1.82) is 0 Å². The molecule has 1 aromatic heterocycles. The number of hydrogen-bond donors (Lipinski definition) is 1. The van der Waals surface area contributed by atoms with Gasteiger partial charge in [-0.05, 0) is 23.9 Å². The Morgan fingerprint density at radius 1 is 1.33 bits per heavy atom. The Labute approximate surface area is 126 Å². The molecule has 0 spiro atoms. The molecule has 112 valence electrons. The molecular formula is C15H16F2N2OS. The molecule has 2 rings (SSSR count). The summed E-state index contributed by atoms with van der Waals surface area (Å²) in [5, 5.41) is 4.76. The number of thiophene rings is 1. The van der Waals surface area contributed by atoms with Gasteiger partial charge in [-0.2, -0.15) is 0 Å². The summed E-state index contributed by atoms with van der Waals surface area (Å²) in [4.78, 5) is 14.4. The quantitative estimate of drug-likeness (QED) is 0.902. The molecule has 2 amide bonds. The van der Waals surface area contributed by atoms with Gasteiger partial charge in [0.1, 0.15) is 11.6 Å². The highest BCUT2D eigenvalue weighted by Gasteiger charge is 2.11. The van der Waals surface area contributed by atoms with E-state index in [1.807, 2.05) is 17.5 Å². The minimum atomic E-state index is -0.645. The first kappa shape index (κ1) is 15.4. The summed E-state index contributed by atoms with van der Waals surface area (Å²) < 4.78 is 26.3. The number of benzene rings is 1. The predicted octanol–water partition coefficient (Wildman–Crippen LogP) is 3.41. The Hall–Kier alpha value is -1.95. The zero-order valence-electron chi connectivity index (χ0n) is 11.6. The monoisotopic (exact) mass is 310 g/mol. The maximum absolute atomic E-state index is 13.5. The Morgan fingerprint density at radius 3 is 2.81 bits per heavy atom. The van der Waals surface area contributed by atoms with Crippen LogP contribution < -0.4 is 5.32 Å². The summed E-state index contributed by atoms with van der Waals surface area (Å²) in [6.45, 7) is 0.618. The number of carbonyl (C=O) groups excluding carboxylic acids is 1. The molecule has 0 atom stereocenters.